The van der Waals surface area contributed by atoms with E-state index in [4.69, 9.17) is 0 Å². The van der Waals surface area contributed by atoms with Crippen molar-refractivity contribution < 1.29 is 4.79 Å². The molecule has 0 atom stereocenters. The molecule has 72 valence electrons. The van der Waals surface area contributed by atoms with Gasteiger partial charge in [0.25, 0.3) is 0 Å². The zero-order valence-corrected chi connectivity index (χ0v) is 8.31. The van der Waals surface area contributed by atoms with Crippen LogP contribution in [0.1, 0.15) is 51.9 Å². The molecule has 2 heteroatoms. The molecule has 0 heterocycles. The second-order valence-corrected chi connectivity index (χ2v) is 3.01. The van der Waals surface area contributed by atoms with Crippen molar-refractivity contribution in [1.82, 2.24) is 0 Å². The molecule has 0 rings (SSSR count). The van der Waals surface area contributed by atoms with Crippen molar-refractivity contribution in [3.05, 3.63) is 0 Å². The van der Waals surface area contributed by atoms with Gasteiger partial charge < -0.3 is 0 Å². The second-order valence-electron chi connectivity index (χ2n) is 3.01. The SMILES string of the molecule is CCCCCCCCC#CN=C=O. The fourth-order valence-electron chi connectivity index (χ4n) is 1.11. The molecule has 0 aliphatic carbocycles. The van der Waals surface area contributed by atoms with Crippen LogP contribution in [0.5, 0.6) is 0 Å². The van der Waals surface area contributed by atoms with E-state index in [1.807, 2.05) is 0 Å². The van der Waals surface area contributed by atoms with Crippen molar-refractivity contribution in [3.63, 3.8) is 0 Å². The lowest BCUT2D eigenvalue weighted by molar-refractivity contribution is 0.565. The maximum atomic E-state index is 9.62. The molecule has 0 saturated heterocycles. The molecule has 0 spiro atoms. The molecular weight excluding hydrogens is 162 g/mol. The van der Waals surface area contributed by atoms with Gasteiger partial charge in [-0.3, -0.25) is 0 Å². The van der Waals surface area contributed by atoms with Crippen LogP contribution in [0.4, 0.5) is 0 Å². The summed E-state index contributed by atoms with van der Waals surface area (Å²) < 4.78 is 0. The predicted octanol–water partition coefficient (Wildman–Crippen LogP) is 3.03. The molecular formula is C11H17NO. The van der Waals surface area contributed by atoms with E-state index in [1.165, 1.54) is 38.2 Å². The highest BCUT2D eigenvalue weighted by atomic mass is 16.1. The smallest absolute Gasteiger partial charge is 0.210 e. The van der Waals surface area contributed by atoms with Gasteiger partial charge in [0.2, 0.25) is 6.08 Å². The van der Waals surface area contributed by atoms with Crippen LogP contribution >= 0.6 is 0 Å². The average Bonchev–Trinajstić information content (AvgIpc) is 2.16. The predicted molar refractivity (Wildman–Crippen MR) is 53.9 cm³/mol. The highest BCUT2D eigenvalue weighted by molar-refractivity contribution is 5.36. The molecule has 0 fully saturated rings. The van der Waals surface area contributed by atoms with E-state index in [-0.39, 0.29) is 0 Å². The van der Waals surface area contributed by atoms with Gasteiger partial charge in [0.15, 0.2) is 0 Å². The van der Waals surface area contributed by atoms with Crippen molar-refractivity contribution in [2.24, 2.45) is 4.99 Å². The monoisotopic (exact) mass is 179 g/mol. The van der Waals surface area contributed by atoms with Crippen LogP contribution in [0.15, 0.2) is 4.99 Å². The Morgan fingerprint density at radius 3 is 2.46 bits per heavy atom. The van der Waals surface area contributed by atoms with Gasteiger partial charge >= 0.3 is 0 Å². The number of aliphatic imine (C=N–C) groups is 1. The van der Waals surface area contributed by atoms with Crippen molar-refractivity contribution >= 4 is 6.08 Å². The van der Waals surface area contributed by atoms with Crippen LogP contribution in [-0.2, 0) is 4.79 Å². The molecule has 2 nitrogen and oxygen atoms in total. The Labute approximate surface area is 80.4 Å². The maximum Gasteiger partial charge on any atom is 0.249 e. The van der Waals surface area contributed by atoms with Crippen molar-refractivity contribution in [3.8, 4) is 12.0 Å². The molecule has 0 aliphatic heterocycles. The van der Waals surface area contributed by atoms with Crippen LogP contribution < -0.4 is 0 Å². The first kappa shape index (κ1) is 11.9. The van der Waals surface area contributed by atoms with E-state index >= 15 is 0 Å². The quantitative estimate of drug-likeness (QED) is 0.267. The molecule has 0 aliphatic rings. The third kappa shape index (κ3) is 10.9. The highest BCUT2D eigenvalue weighted by Crippen LogP contribution is 2.05. The average molecular weight is 179 g/mol. The second kappa shape index (κ2) is 10.9. The summed E-state index contributed by atoms with van der Waals surface area (Å²) in [5.74, 6) is 2.80. The summed E-state index contributed by atoms with van der Waals surface area (Å²) in [5, 5.41) is 0. The van der Waals surface area contributed by atoms with E-state index in [1.54, 1.807) is 0 Å². The van der Waals surface area contributed by atoms with Gasteiger partial charge in [-0.05, 0) is 6.42 Å². The number of carbonyl (C=O) groups excluding carboxylic acids is 1. The summed E-state index contributed by atoms with van der Waals surface area (Å²) >= 11 is 0. The molecule has 0 aromatic rings. The molecule has 13 heavy (non-hydrogen) atoms. The number of rotatable bonds is 6. The van der Waals surface area contributed by atoms with Crippen LogP contribution in [0.3, 0.4) is 0 Å². The first-order valence-corrected chi connectivity index (χ1v) is 4.96. The lowest BCUT2D eigenvalue weighted by atomic mass is 10.1. The minimum atomic E-state index is 0.845. The van der Waals surface area contributed by atoms with Crippen molar-refractivity contribution in [1.29, 1.82) is 0 Å². The molecule has 0 radical (unpaired) electrons. The van der Waals surface area contributed by atoms with E-state index in [2.05, 4.69) is 23.9 Å². The van der Waals surface area contributed by atoms with Gasteiger partial charge in [-0.25, -0.2) is 4.79 Å². The van der Waals surface area contributed by atoms with E-state index in [0.717, 1.165) is 12.8 Å². The molecule has 0 unspecified atom stereocenters. The Morgan fingerprint density at radius 1 is 1.08 bits per heavy atom. The summed E-state index contributed by atoms with van der Waals surface area (Å²) in [5.41, 5.74) is 0. The summed E-state index contributed by atoms with van der Waals surface area (Å²) in [6, 6.07) is 2.39. The molecule has 0 bridgehead atoms. The minimum Gasteiger partial charge on any atom is -0.210 e. The zero-order chi connectivity index (χ0) is 9.78. The normalized spacial score (nSPS) is 8.38. The molecule has 0 aromatic heterocycles. The third-order valence-electron chi connectivity index (χ3n) is 1.84. The lowest BCUT2D eigenvalue weighted by Crippen LogP contribution is -1.77. The molecule has 0 N–H and O–H groups in total. The number of isocyanates is 1. The zero-order valence-electron chi connectivity index (χ0n) is 8.31. The summed E-state index contributed by atoms with van der Waals surface area (Å²) in [6.07, 6.45) is 9.83. The molecule has 0 amide bonds. The topological polar surface area (TPSA) is 29.4 Å². The Morgan fingerprint density at radius 2 is 1.77 bits per heavy atom. The van der Waals surface area contributed by atoms with Gasteiger partial charge in [0.05, 0.1) is 0 Å². The highest BCUT2D eigenvalue weighted by Gasteiger charge is 1.87. The number of hydrogen-bond donors (Lipinski definition) is 0. The standard InChI is InChI=1S/C11H17NO/c1-2-3-4-5-6-7-8-9-10-12-11-13/h2-8H2,1H3. The Kier molecular flexibility index (Phi) is 10.0. The van der Waals surface area contributed by atoms with Crippen molar-refractivity contribution in [2.75, 3.05) is 0 Å². The van der Waals surface area contributed by atoms with Gasteiger partial charge in [-0.15, -0.1) is 4.99 Å². The number of hydrogen-bond acceptors (Lipinski definition) is 2. The van der Waals surface area contributed by atoms with Crippen LogP contribution in [0, 0.1) is 12.0 Å². The first-order chi connectivity index (χ1) is 6.41. The Hall–Kier alpha value is -1.06. The fourth-order valence-corrected chi connectivity index (χ4v) is 1.11. The molecule has 0 saturated carbocycles. The third-order valence-corrected chi connectivity index (χ3v) is 1.84. The van der Waals surface area contributed by atoms with Crippen LogP contribution in [-0.4, -0.2) is 6.08 Å². The minimum absolute atomic E-state index is 0.845. The largest absolute Gasteiger partial charge is 0.249 e. The lowest BCUT2D eigenvalue weighted by Gasteiger charge is -1.95. The number of unbranched alkanes of at least 4 members (excludes halogenated alkanes) is 6. The summed E-state index contributed by atoms with van der Waals surface area (Å²) in [4.78, 5) is 12.8. The van der Waals surface area contributed by atoms with E-state index < -0.39 is 0 Å². The first-order valence-electron chi connectivity index (χ1n) is 4.96. The van der Waals surface area contributed by atoms with Gasteiger partial charge in [-0.1, -0.05) is 44.9 Å². The van der Waals surface area contributed by atoms with Crippen molar-refractivity contribution in [2.45, 2.75) is 51.9 Å². The van der Waals surface area contributed by atoms with Crippen LogP contribution in [0.25, 0.3) is 0 Å². The molecule has 0 aromatic carbocycles. The van der Waals surface area contributed by atoms with Gasteiger partial charge in [-0.2, -0.15) is 0 Å². The van der Waals surface area contributed by atoms with Gasteiger partial charge in [0, 0.05) is 12.5 Å². The van der Waals surface area contributed by atoms with Crippen LogP contribution in [0.2, 0.25) is 0 Å². The van der Waals surface area contributed by atoms with Gasteiger partial charge in [0.1, 0.15) is 0 Å². The fraction of sp³-hybridized carbons (Fsp3) is 0.727. The Balaban J connectivity index is 3.09. The Bertz CT molecular complexity index is 206. The maximum absolute atomic E-state index is 9.62. The number of nitrogens with zero attached hydrogens (tertiary/aromatic N) is 1. The van der Waals surface area contributed by atoms with E-state index in [9.17, 15) is 4.79 Å². The van der Waals surface area contributed by atoms with E-state index in [0.29, 0.717) is 0 Å². The summed E-state index contributed by atoms with van der Waals surface area (Å²) in [6.45, 7) is 2.21. The summed E-state index contributed by atoms with van der Waals surface area (Å²) in [7, 11) is 0.